The normalized spacial score (nSPS) is 12.7. The van der Waals surface area contributed by atoms with E-state index in [1.165, 1.54) is 0 Å². The highest BCUT2D eigenvalue weighted by Gasteiger charge is 2.35. The van der Waals surface area contributed by atoms with Gasteiger partial charge in [-0.1, -0.05) is 35.9 Å². The van der Waals surface area contributed by atoms with Crippen molar-refractivity contribution >= 4 is 9.84 Å². The maximum atomic E-state index is 12.6. The van der Waals surface area contributed by atoms with Crippen molar-refractivity contribution in [2.24, 2.45) is 0 Å². The van der Waals surface area contributed by atoms with Crippen LogP contribution in [0, 0.1) is 20.4 Å². The molecule has 0 bridgehead atoms. The molecular weight excluding hydrogens is 270 g/mol. The molecular formula is C16H15NO2S. The van der Waals surface area contributed by atoms with E-state index in [0.29, 0.717) is 5.56 Å². The van der Waals surface area contributed by atoms with E-state index in [9.17, 15) is 8.42 Å². The Morgan fingerprint density at radius 1 is 1.00 bits per heavy atom. The van der Waals surface area contributed by atoms with Crippen LogP contribution in [0.1, 0.15) is 22.1 Å². The Balaban J connectivity index is 2.55. The lowest BCUT2D eigenvalue weighted by molar-refractivity contribution is 0.590. The fraction of sp³-hybridized carbons (Fsp3) is 0.188. The van der Waals surface area contributed by atoms with E-state index < -0.39 is 15.2 Å². The van der Waals surface area contributed by atoms with E-state index in [1.807, 2.05) is 26.0 Å². The molecule has 0 saturated carbocycles. The highest BCUT2D eigenvalue weighted by atomic mass is 32.2. The molecule has 0 aliphatic heterocycles. The fourth-order valence-corrected chi connectivity index (χ4v) is 3.54. The molecule has 0 aliphatic carbocycles. The molecule has 2 aromatic rings. The Kier molecular flexibility index (Phi) is 3.91. The minimum absolute atomic E-state index is 0.187. The number of aryl methyl sites for hydroxylation is 2. The molecule has 0 N–H and O–H groups in total. The first-order chi connectivity index (χ1) is 9.46. The molecule has 4 heteroatoms. The molecule has 0 aliphatic rings. The second kappa shape index (κ2) is 5.48. The smallest absolute Gasteiger partial charge is 0.291 e. The van der Waals surface area contributed by atoms with Crippen molar-refractivity contribution in [1.29, 1.82) is 0 Å². The highest BCUT2D eigenvalue weighted by molar-refractivity contribution is 7.91. The first kappa shape index (κ1) is 14.3. The van der Waals surface area contributed by atoms with Crippen LogP contribution >= 0.6 is 0 Å². The van der Waals surface area contributed by atoms with Crippen LogP contribution in [0.15, 0.2) is 53.4 Å². The van der Waals surface area contributed by atoms with Crippen LogP contribution in [0.2, 0.25) is 0 Å². The minimum Gasteiger partial charge on any atom is -0.291 e. The number of hydrogen-bond donors (Lipinski definition) is 0. The van der Waals surface area contributed by atoms with Crippen LogP contribution in [-0.4, -0.2) is 8.42 Å². The summed E-state index contributed by atoms with van der Waals surface area (Å²) in [5, 5.41) is -1.19. The van der Waals surface area contributed by atoms with Crippen LogP contribution in [0.4, 0.5) is 0 Å². The van der Waals surface area contributed by atoms with Crippen molar-refractivity contribution in [3.8, 4) is 0 Å². The fourth-order valence-electron chi connectivity index (χ4n) is 2.03. The second-order valence-electron chi connectivity index (χ2n) is 4.70. The third-order valence-corrected chi connectivity index (χ3v) is 5.09. The highest BCUT2D eigenvalue weighted by Crippen LogP contribution is 2.32. The van der Waals surface area contributed by atoms with E-state index in [2.05, 4.69) is 4.85 Å². The summed E-state index contributed by atoms with van der Waals surface area (Å²) in [6, 6.07) is 13.7. The molecule has 0 heterocycles. The Hall–Kier alpha value is -2.12. The Morgan fingerprint density at radius 2 is 1.60 bits per heavy atom. The van der Waals surface area contributed by atoms with Crippen LogP contribution < -0.4 is 0 Å². The van der Waals surface area contributed by atoms with Gasteiger partial charge in [0, 0.05) is 0 Å². The maximum Gasteiger partial charge on any atom is 0.350 e. The summed E-state index contributed by atoms with van der Waals surface area (Å²) in [5.41, 5.74) is 2.34. The van der Waals surface area contributed by atoms with Gasteiger partial charge in [-0.05, 0) is 37.6 Å². The second-order valence-corrected chi connectivity index (χ2v) is 6.70. The third kappa shape index (κ3) is 2.59. The van der Waals surface area contributed by atoms with Crippen LogP contribution in [-0.2, 0) is 9.84 Å². The number of benzene rings is 2. The molecule has 0 spiro atoms. The molecule has 20 heavy (non-hydrogen) atoms. The van der Waals surface area contributed by atoms with Crippen molar-refractivity contribution in [3.63, 3.8) is 0 Å². The molecule has 0 radical (unpaired) electrons. The average molecular weight is 285 g/mol. The quantitative estimate of drug-likeness (QED) is 0.807. The predicted octanol–water partition coefficient (Wildman–Crippen LogP) is 3.70. The summed E-state index contributed by atoms with van der Waals surface area (Å²) >= 11 is 0. The summed E-state index contributed by atoms with van der Waals surface area (Å²) in [6.45, 7) is 11.0. The van der Waals surface area contributed by atoms with Crippen molar-refractivity contribution in [1.82, 2.24) is 0 Å². The molecule has 0 fully saturated rings. The van der Waals surface area contributed by atoms with Gasteiger partial charge in [-0.2, -0.15) is 0 Å². The van der Waals surface area contributed by atoms with Crippen molar-refractivity contribution in [3.05, 3.63) is 76.6 Å². The van der Waals surface area contributed by atoms with Crippen molar-refractivity contribution in [2.45, 2.75) is 24.1 Å². The zero-order valence-electron chi connectivity index (χ0n) is 11.4. The molecule has 0 aromatic heterocycles. The van der Waals surface area contributed by atoms with E-state index in [0.717, 1.165) is 11.1 Å². The van der Waals surface area contributed by atoms with E-state index in [1.54, 1.807) is 36.4 Å². The van der Waals surface area contributed by atoms with E-state index in [4.69, 9.17) is 6.57 Å². The lowest BCUT2D eigenvalue weighted by Crippen LogP contribution is -2.11. The lowest BCUT2D eigenvalue weighted by Gasteiger charge is -2.10. The van der Waals surface area contributed by atoms with Gasteiger partial charge in [0.2, 0.25) is 0 Å². The van der Waals surface area contributed by atoms with Gasteiger partial charge < -0.3 is 0 Å². The number of hydrogen-bond acceptors (Lipinski definition) is 2. The van der Waals surface area contributed by atoms with E-state index >= 15 is 0 Å². The monoisotopic (exact) mass is 285 g/mol. The average Bonchev–Trinajstić information content (AvgIpc) is 2.42. The van der Waals surface area contributed by atoms with Crippen molar-refractivity contribution < 1.29 is 8.42 Å². The Bertz CT molecular complexity index is 756. The first-order valence-corrected chi connectivity index (χ1v) is 7.74. The van der Waals surface area contributed by atoms with Gasteiger partial charge in [-0.3, -0.25) is 4.85 Å². The zero-order valence-corrected chi connectivity index (χ0v) is 12.2. The minimum atomic E-state index is -3.70. The topological polar surface area (TPSA) is 38.5 Å². The molecule has 0 unspecified atom stereocenters. The number of sulfone groups is 1. The largest absolute Gasteiger partial charge is 0.350 e. The van der Waals surface area contributed by atoms with Gasteiger partial charge in [0.1, 0.15) is 0 Å². The number of rotatable bonds is 3. The van der Waals surface area contributed by atoms with Gasteiger partial charge in [-0.25, -0.2) is 15.0 Å². The molecule has 2 rings (SSSR count). The lowest BCUT2D eigenvalue weighted by atomic mass is 10.1. The molecule has 2 aromatic carbocycles. The van der Waals surface area contributed by atoms with Gasteiger partial charge >= 0.3 is 5.37 Å². The maximum absolute atomic E-state index is 12.6. The SMILES string of the molecule is [C-]#[N+][C@H](c1ccccc1C)S(=O)(=O)c1ccc(C)cc1. The van der Waals surface area contributed by atoms with Gasteiger partial charge in [0.25, 0.3) is 9.84 Å². The standard InChI is InChI=1S/C16H15NO2S/c1-12-8-10-14(11-9-12)20(18,19)16(17-3)15-7-5-4-6-13(15)2/h4-11,16H,1-2H3/t16-/m0/s1. The summed E-state index contributed by atoms with van der Waals surface area (Å²) in [4.78, 5) is 3.54. The molecule has 0 saturated heterocycles. The Morgan fingerprint density at radius 3 is 2.15 bits per heavy atom. The van der Waals surface area contributed by atoms with Crippen LogP contribution in [0.3, 0.4) is 0 Å². The van der Waals surface area contributed by atoms with Gasteiger partial charge in [0.15, 0.2) is 0 Å². The van der Waals surface area contributed by atoms with Crippen LogP contribution in [0.5, 0.6) is 0 Å². The number of nitrogens with zero attached hydrogens (tertiary/aromatic N) is 1. The summed E-state index contributed by atoms with van der Waals surface area (Å²) < 4.78 is 25.2. The van der Waals surface area contributed by atoms with Crippen LogP contribution in [0.25, 0.3) is 4.85 Å². The first-order valence-electron chi connectivity index (χ1n) is 6.19. The third-order valence-electron chi connectivity index (χ3n) is 3.22. The Labute approximate surface area is 119 Å². The summed E-state index contributed by atoms with van der Waals surface area (Å²) in [6.07, 6.45) is 0. The summed E-state index contributed by atoms with van der Waals surface area (Å²) in [7, 11) is -3.70. The van der Waals surface area contributed by atoms with E-state index in [-0.39, 0.29) is 4.90 Å². The van der Waals surface area contributed by atoms with Crippen molar-refractivity contribution in [2.75, 3.05) is 0 Å². The summed E-state index contributed by atoms with van der Waals surface area (Å²) in [5.74, 6) is 0. The molecule has 102 valence electrons. The molecule has 3 nitrogen and oxygen atoms in total. The zero-order chi connectivity index (χ0) is 14.8. The predicted molar refractivity (Wildman–Crippen MR) is 78.9 cm³/mol. The molecule has 1 atom stereocenters. The molecule has 0 amide bonds. The van der Waals surface area contributed by atoms with Gasteiger partial charge in [0.05, 0.1) is 10.5 Å². The van der Waals surface area contributed by atoms with Gasteiger partial charge in [-0.15, -0.1) is 0 Å².